The van der Waals surface area contributed by atoms with Crippen molar-refractivity contribution >= 4 is 5.78 Å². The summed E-state index contributed by atoms with van der Waals surface area (Å²) in [7, 11) is 0. The molecule has 0 aromatic rings. The number of hydrogen-bond acceptors (Lipinski definition) is 2. The van der Waals surface area contributed by atoms with Crippen molar-refractivity contribution in [2.45, 2.75) is 60.0 Å². The van der Waals surface area contributed by atoms with Crippen LogP contribution in [-0.4, -0.2) is 17.9 Å². The Hall–Kier alpha value is -0.370. The minimum Gasteiger partial charge on any atom is -0.311 e. The number of nitrogens with one attached hydrogen (secondary N) is 1. The molecule has 0 saturated heterocycles. The zero-order valence-electron chi connectivity index (χ0n) is 10.4. The fraction of sp³-hybridized carbons (Fsp3) is 0.917. The van der Waals surface area contributed by atoms with Crippen molar-refractivity contribution in [3.8, 4) is 0 Å². The van der Waals surface area contributed by atoms with Gasteiger partial charge in [-0.3, -0.25) is 4.79 Å². The molecule has 0 aromatic carbocycles. The summed E-state index contributed by atoms with van der Waals surface area (Å²) in [5.74, 6) is 1.03. The third kappa shape index (κ3) is 5.38. The van der Waals surface area contributed by atoms with E-state index in [0.29, 0.717) is 30.2 Å². The van der Waals surface area contributed by atoms with Crippen molar-refractivity contribution in [2.24, 2.45) is 11.8 Å². The van der Waals surface area contributed by atoms with Crippen LogP contribution >= 0.6 is 0 Å². The molecule has 0 aliphatic heterocycles. The van der Waals surface area contributed by atoms with Crippen LogP contribution in [0.5, 0.6) is 0 Å². The highest BCUT2D eigenvalue weighted by atomic mass is 16.1. The highest BCUT2D eigenvalue weighted by Crippen LogP contribution is 2.11. The summed E-state index contributed by atoms with van der Waals surface area (Å²) in [6.07, 6.45) is 0.660. The van der Waals surface area contributed by atoms with Gasteiger partial charge in [-0.05, 0) is 5.92 Å². The van der Waals surface area contributed by atoms with Crippen molar-refractivity contribution in [2.75, 3.05) is 0 Å². The van der Waals surface area contributed by atoms with Gasteiger partial charge in [-0.15, -0.1) is 0 Å². The summed E-state index contributed by atoms with van der Waals surface area (Å²) >= 11 is 0. The molecular formula is C12H27NO. The van der Waals surface area contributed by atoms with Gasteiger partial charge in [0.25, 0.3) is 0 Å². The predicted molar refractivity (Wildman–Crippen MR) is 63.5 cm³/mol. The van der Waals surface area contributed by atoms with E-state index in [1.54, 1.807) is 0 Å². The highest BCUT2D eigenvalue weighted by Gasteiger charge is 2.19. The van der Waals surface area contributed by atoms with E-state index < -0.39 is 0 Å². The van der Waals surface area contributed by atoms with E-state index >= 15 is 0 Å². The lowest BCUT2D eigenvalue weighted by atomic mass is 9.94. The minimum atomic E-state index is 0. The maximum absolute atomic E-state index is 11.6. The Balaban J connectivity index is 0. The van der Waals surface area contributed by atoms with Crippen molar-refractivity contribution in [3.05, 3.63) is 0 Å². The van der Waals surface area contributed by atoms with Crippen LogP contribution in [0.1, 0.15) is 49.4 Å². The molecule has 2 nitrogen and oxygen atoms in total. The number of hydrogen-bond donors (Lipinski definition) is 1. The standard InChI is InChI=1S/C12H25NO.H2/c1-8(2)11(13-10(5)6)7-12(14)9(3)4;/h8-11,13H,7H2,1-6H3;1H. The van der Waals surface area contributed by atoms with E-state index in [-0.39, 0.29) is 7.34 Å². The van der Waals surface area contributed by atoms with Gasteiger partial charge in [0.05, 0.1) is 0 Å². The molecule has 14 heavy (non-hydrogen) atoms. The molecule has 0 spiro atoms. The molecule has 1 unspecified atom stereocenters. The largest absolute Gasteiger partial charge is 0.311 e. The first-order chi connectivity index (χ1) is 6.34. The summed E-state index contributed by atoms with van der Waals surface area (Å²) in [6.45, 7) is 12.5. The van der Waals surface area contributed by atoms with E-state index in [9.17, 15) is 4.79 Å². The first-order valence-electron chi connectivity index (χ1n) is 5.63. The number of ketones is 1. The second kappa shape index (κ2) is 6.18. The third-order valence-electron chi connectivity index (χ3n) is 2.42. The molecule has 0 amide bonds. The molecule has 0 bridgehead atoms. The molecule has 0 aliphatic rings. The molecule has 0 aromatic heterocycles. The smallest absolute Gasteiger partial charge is 0.136 e. The normalized spacial score (nSPS) is 14.1. The van der Waals surface area contributed by atoms with Gasteiger partial charge in [-0.25, -0.2) is 0 Å². The van der Waals surface area contributed by atoms with Crippen LogP contribution in [0.25, 0.3) is 0 Å². The Morgan fingerprint density at radius 3 is 1.93 bits per heavy atom. The topological polar surface area (TPSA) is 29.1 Å². The molecular weight excluding hydrogens is 174 g/mol. The van der Waals surface area contributed by atoms with E-state index in [2.05, 4.69) is 33.0 Å². The fourth-order valence-corrected chi connectivity index (χ4v) is 1.37. The molecule has 0 heterocycles. The lowest BCUT2D eigenvalue weighted by Gasteiger charge is -2.24. The van der Waals surface area contributed by atoms with Crippen LogP contribution in [0.2, 0.25) is 0 Å². The van der Waals surface area contributed by atoms with Crippen LogP contribution in [0.15, 0.2) is 0 Å². The average molecular weight is 201 g/mol. The molecule has 2 heteroatoms. The second-order valence-corrected chi connectivity index (χ2v) is 5.00. The molecule has 1 N–H and O–H groups in total. The number of carbonyl (C=O) groups is 1. The van der Waals surface area contributed by atoms with Crippen molar-refractivity contribution in [1.29, 1.82) is 0 Å². The van der Waals surface area contributed by atoms with Crippen LogP contribution < -0.4 is 5.32 Å². The fourth-order valence-electron chi connectivity index (χ4n) is 1.37. The maximum Gasteiger partial charge on any atom is 0.136 e. The quantitative estimate of drug-likeness (QED) is 0.716. The Morgan fingerprint density at radius 2 is 1.64 bits per heavy atom. The summed E-state index contributed by atoms with van der Waals surface area (Å²) in [5.41, 5.74) is 0. The Bertz CT molecular complexity index is 178. The zero-order chi connectivity index (χ0) is 11.3. The maximum atomic E-state index is 11.6. The monoisotopic (exact) mass is 201 g/mol. The van der Waals surface area contributed by atoms with E-state index in [4.69, 9.17) is 0 Å². The average Bonchev–Trinajstić information content (AvgIpc) is 2.01. The molecule has 0 aliphatic carbocycles. The Morgan fingerprint density at radius 1 is 1.14 bits per heavy atom. The molecule has 0 radical (unpaired) electrons. The van der Waals surface area contributed by atoms with Crippen LogP contribution in [0.3, 0.4) is 0 Å². The van der Waals surface area contributed by atoms with Gasteiger partial charge >= 0.3 is 0 Å². The molecule has 1 atom stereocenters. The zero-order valence-corrected chi connectivity index (χ0v) is 10.4. The highest BCUT2D eigenvalue weighted by molar-refractivity contribution is 5.80. The summed E-state index contributed by atoms with van der Waals surface area (Å²) < 4.78 is 0. The SMILES string of the molecule is CC(C)NC(CC(=O)C(C)C)C(C)C.[HH]. The molecule has 0 saturated carbocycles. The van der Waals surface area contributed by atoms with E-state index in [0.717, 1.165) is 0 Å². The van der Waals surface area contributed by atoms with Gasteiger partial charge in [-0.1, -0.05) is 41.5 Å². The third-order valence-corrected chi connectivity index (χ3v) is 2.42. The number of carbonyl (C=O) groups excluding carboxylic acids is 1. The number of Topliss-reactive ketones (excluding diaryl/α,β-unsaturated/α-hetero) is 1. The van der Waals surface area contributed by atoms with Crippen LogP contribution in [0.4, 0.5) is 0 Å². The number of rotatable bonds is 6. The van der Waals surface area contributed by atoms with Gasteiger partial charge < -0.3 is 5.32 Å². The van der Waals surface area contributed by atoms with E-state index in [1.165, 1.54) is 0 Å². The lowest BCUT2D eigenvalue weighted by molar-refractivity contribution is -0.122. The predicted octanol–water partition coefficient (Wildman–Crippen LogP) is 2.87. The van der Waals surface area contributed by atoms with Gasteiger partial charge in [0.15, 0.2) is 0 Å². The first kappa shape index (κ1) is 13.6. The van der Waals surface area contributed by atoms with Crippen molar-refractivity contribution < 1.29 is 6.22 Å². The van der Waals surface area contributed by atoms with Gasteiger partial charge in [0.2, 0.25) is 0 Å². The summed E-state index contributed by atoms with van der Waals surface area (Å²) in [6, 6.07) is 0.771. The van der Waals surface area contributed by atoms with Gasteiger partial charge in [0, 0.05) is 25.8 Å². The van der Waals surface area contributed by atoms with Gasteiger partial charge in [0.1, 0.15) is 5.78 Å². The molecule has 0 fully saturated rings. The Labute approximate surface area is 89.9 Å². The van der Waals surface area contributed by atoms with Gasteiger partial charge in [-0.2, -0.15) is 0 Å². The minimum absolute atomic E-state index is 0. The van der Waals surface area contributed by atoms with Crippen molar-refractivity contribution in [3.63, 3.8) is 0 Å². The first-order valence-corrected chi connectivity index (χ1v) is 5.63. The Kier molecular flexibility index (Phi) is 6.01. The van der Waals surface area contributed by atoms with Crippen LogP contribution in [-0.2, 0) is 4.79 Å². The second-order valence-electron chi connectivity index (χ2n) is 5.00. The molecule has 86 valence electrons. The van der Waals surface area contributed by atoms with E-state index in [1.807, 2.05) is 13.8 Å². The van der Waals surface area contributed by atoms with Crippen molar-refractivity contribution in [1.82, 2.24) is 5.32 Å². The summed E-state index contributed by atoms with van der Waals surface area (Å²) in [4.78, 5) is 11.6. The van der Waals surface area contributed by atoms with Crippen LogP contribution in [0, 0.1) is 11.8 Å². The summed E-state index contributed by atoms with van der Waals surface area (Å²) in [5, 5.41) is 3.44. The molecule has 0 rings (SSSR count). The lowest BCUT2D eigenvalue weighted by Crippen LogP contribution is -2.40.